The van der Waals surface area contributed by atoms with Gasteiger partial charge in [-0.05, 0) is 55.0 Å². The molecule has 4 heterocycles. The van der Waals surface area contributed by atoms with E-state index in [9.17, 15) is 16.8 Å². The smallest absolute Gasteiger partial charge is 0.261 e. The highest BCUT2D eigenvalue weighted by Crippen LogP contribution is 2.44. The highest BCUT2D eigenvalue weighted by Gasteiger charge is 2.21. The first-order valence-electron chi connectivity index (χ1n) is 16.2. The Hall–Kier alpha value is -5.04. The predicted octanol–water partition coefficient (Wildman–Crippen LogP) is 4.34. The first-order chi connectivity index (χ1) is 25.0. The normalized spacial score (nSPS) is 13.0. The topological polar surface area (TPSA) is 196 Å². The number of nitrogens with zero attached hydrogens (tertiary/aromatic N) is 4. The predicted molar refractivity (Wildman–Crippen MR) is 201 cm³/mol. The van der Waals surface area contributed by atoms with E-state index in [0.717, 1.165) is 53.4 Å². The van der Waals surface area contributed by atoms with Crippen LogP contribution in [0.1, 0.15) is 6.42 Å². The molecule has 0 spiro atoms. The van der Waals surface area contributed by atoms with E-state index in [1.807, 2.05) is 48.8 Å². The van der Waals surface area contributed by atoms with Gasteiger partial charge in [0.1, 0.15) is 26.4 Å². The average molecular weight is 777 g/mol. The van der Waals surface area contributed by atoms with Gasteiger partial charge in [0.15, 0.2) is 23.0 Å². The summed E-state index contributed by atoms with van der Waals surface area (Å²) in [7, 11) is 0.0977. The molecule has 2 aliphatic heterocycles. The minimum atomic E-state index is -3.67. The molecule has 0 radical (unpaired) electrons. The van der Waals surface area contributed by atoms with Crippen LogP contribution in [0.5, 0.6) is 34.5 Å². The Morgan fingerprint density at radius 1 is 0.642 bits per heavy atom. The second-order valence-corrected chi connectivity index (χ2v) is 14.8. The molecule has 0 saturated heterocycles. The number of methoxy groups -OCH3 is 2. The van der Waals surface area contributed by atoms with Gasteiger partial charge in [-0.15, -0.1) is 0 Å². The summed E-state index contributed by atoms with van der Waals surface area (Å²) < 4.78 is 85.8. The van der Waals surface area contributed by atoms with Crippen molar-refractivity contribution in [2.24, 2.45) is 0 Å². The number of aromatic nitrogens is 2. The zero-order valence-electron chi connectivity index (χ0n) is 30.3. The lowest BCUT2D eigenvalue weighted by molar-refractivity contribution is 0.165. The van der Waals surface area contributed by atoms with Crippen LogP contribution in [0.15, 0.2) is 60.9 Å². The molecule has 2 N–H and O–H groups in total. The largest absolute Gasteiger partial charge is 0.493 e. The van der Waals surface area contributed by atoms with Gasteiger partial charge in [-0.2, -0.15) is 16.8 Å². The van der Waals surface area contributed by atoms with Crippen LogP contribution < -0.4 is 38.2 Å². The first kappa shape index (κ1) is 40.7. The molecule has 16 nitrogen and oxygen atoms in total. The second kappa shape index (κ2) is 18.1. The molecule has 6 rings (SSSR count). The molecule has 0 amide bonds. The summed E-state index contributed by atoms with van der Waals surface area (Å²) in [5.41, 5.74) is 5.64. The third kappa shape index (κ3) is 12.6. The lowest BCUT2D eigenvalue weighted by Crippen LogP contribution is -2.25. The number of pyridine rings is 2. The summed E-state index contributed by atoms with van der Waals surface area (Å²) >= 11 is 0. The molecule has 4 aromatic rings. The number of anilines is 2. The van der Waals surface area contributed by atoms with Crippen LogP contribution in [0.2, 0.25) is 0 Å². The molecule has 2 aromatic carbocycles. The summed E-state index contributed by atoms with van der Waals surface area (Å²) in [6.07, 6.45) is 6.20. The molecule has 2 aromatic heterocycles. The third-order valence-corrected chi connectivity index (χ3v) is 7.61. The van der Waals surface area contributed by atoms with Crippen molar-refractivity contribution >= 4 is 31.6 Å². The van der Waals surface area contributed by atoms with Crippen LogP contribution in [0.4, 0.5) is 11.4 Å². The summed E-state index contributed by atoms with van der Waals surface area (Å²) in [5, 5.41) is 0. The fourth-order valence-corrected chi connectivity index (χ4v) is 5.21. The molecule has 288 valence electrons. The molecule has 0 unspecified atom stereocenters. The van der Waals surface area contributed by atoms with Gasteiger partial charge in [-0.25, -0.2) is 0 Å². The SMILES string of the molecule is COc1cc(-c2ccc(N(C)CCCN(C)c3ccc(-c4cc(OC)c5c(c4)OCCO5)nc3)cn2)cc2c1OCCO2.CS(=O)(=O)O.CS(=O)(=O)O. The lowest BCUT2D eigenvalue weighted by atomic mass is 10.1. The summed E-state index contributed by atoms with van der Waals surface area (Å²) in [6.45, 7) is 3.82. The summed E-state index contributed by atoms with van der Waals surface area (Å²) in [6, 6.07) is 16.0. The fraction of sp³-hybridized carbons (Fsp3) is 0.371. The van der Waals surface area contributed by atoms with Gasteiger partial charge in [0.25, 0.3) is 20.2 Å². The minimum absolute atomic E-state index is 0.513. The van der Waals surface area contributed by atoms with Gasteiger partial charge in [0.05, 0.1) is 61.9 Å². The van der Waals surface area contributed by atoms with E-state index in [2.05, 4.69) is 36.0 Å². The van der Waals surface area contributed by atoms with Gasteiger partial charge in [0, 0.05) is 38.3 Å². The van der Waals surface area contributed by atoms with Crippen LogP contribution in [-0.2, 0) is 20.2 Å². The van der Waals surface area contributed by atoms with Crippen molar-refractivity contribution in [1.82, 2.24) is 9.97 Å². The molecule has 18 heteroatoms. The molecule has 0 aliphatic carbocycles. The van der Waals surface area contributed by atoms with E-state index in [0.29, 0.717) is 73.4 Å². The Kier molecular flexibility index (Phi) is 13.9. The highest BCUT2D eigenvalue weighted by atomic mass is 32.2. The Labute approximate surface area is 309 Å². The van der Waals surface area contributed by atoms with Crippen LogP contribution in [-0.4, -0.2) is 116 Å². The number of benzene rings is 2. The van der Waals surface area contributed by atoms with Crippen molar-refractivity contribution in [2.45, 2.75) is 6.42 Å². The van der Waals surface area contributed by atoms with Crippen molar-refractivity contribution in [2.75, 3.05) is 90.1 Å². The Morgan fingerprint density at radius 2 is 1.00 bits per heavy atom. The van der Waals surface area contributed by atoms with Gasteiger partial charge in [-0.3, -0.25) is 19.1 Å². The second-order valence-electron chi connectivity index (χ2n) is 11.9. The zero-order chi connectivity index (χ0) is 38.8. The lowest BCUT2D eigenvalue weighted by Gasteiger charge is -2.23. The van der Waals surface area contributed by atoms with Crippen molar-refractivity contribution in [3.63, 3.8) is 0 Å². The van der Waals surface area contributed by atoms with Crippen molar-refractivity contribution in [3.8, 4) is 57.0 Å². The molecule has 0 fully saturated rings. The quantitative estimate of drug-likeness (QED) is 0.216. The van der Waals surface area contributed by atoms with Crippen LogP contribution >= 0.6 is 0 Å². The monoisotopic (exact) mass is 776 g/mol. The maximum atomic E-state index is 9.19. The number of hydrogen-bond acceptors (Lipinski definition) is 14. The highest BCUT2D eigenvalue weighted by molar-refractivity contribution is 7.85. The molecular formula is C35H44N4O12S2. The molecule has 0 atom stereocenters. The van der Waals surface area contributed by atoms with Gasteiger partial charge >= 0.3 is 0 Å². The van der Waals surface area contributed by atoms with Crippen molar-refractivity contribution in [1.29, 1.82) is 0 Å². The zero-order valence-corrected chi connectivity index (χ0v) is 31.9. The van der Waals surface area contributed by atoms with Crippen LogP contribution in [0.3, 0.4) is 0 Å². The number of hydrogen-bond donors (Lipinski definition) is 2. The minimum Gasteiger partial charge on any atom is -0.493 e. The van der Waals surface area contributed by atoms with Gasteiger partial charge in [0.2, 0.25) is 11.5 Å². The standard InChI is InChI=1S/C33H36N4O6.2CH4O3S/c1-36(24-6-8-26(34-20-24)22-16-28(38-3)32-30(18-22)40-12-14-42-32)10-5-11-37(2)25-7-9-27(35-21-25)23-17-29(39-4)33-31(19-23)41-13-15-43-33;2*1-5(2,3)4/h6-9,16-21H,5,10-15H2,1-4H3;2*1H3,(H,2,3,4). The van der Waals surface area contributed by atoms with Crippen LogP contribution in [0, 0.1) is 0 Å². The maximum absolute atomic E-state index is 9.19. The fourth-order valence-electron chi connectivity index (χ4n) is 5.21. The molecule has 0 saturated carbocycles. The first-order valence-corrected chi connectivity index (χ1v) is 19.9. The molecular weight excluding hydrogens is 733 g/mol. The molecule has 2 aliphatic rings. The van der Waals surface area contributed by atoms with Crippen LogP contribution in [0.25, 0.3) is 22.5 Å². The van der Waals surface area contributed by atoms with Gasteiger partial charge in [-0.1, -0.05) is 0 Å². The third-order valence-electron chi connectivity index (χ3n) is 7.61. The van der Waals surface area contributed by atoms with E-state index in [1.54, 1.807) is 14.2 Å². The number of ether oxygens (including phenoxy) is 6. The Balaban J connectivity index is 0.000000556. The average Bonchev–Trinajstić information content (AvgIpc) is 3.12. The van der Waals surface area contributed by atoms with E-state index in [1.165, 1.54) is 0 Å². The maximum Gasteiger partial charge on any atom is 0.261 e. The Morgan fingerprint density at radius 3 is 1.32 bits per heavy atom. The van der Waals surface area contributed by atoms with E-state index in [-0.39, 0.29) is 0 Å². The molecule has 0 bridgehead atoms. The van der Waals surface area contributed by atoms with E-state index < -0.39 is 20.2 Å². The van der Waals surface area contributed by atoms with E-state index in [4.69, 9.17) is 47.5 Å². The number of fused-ring (bicyclic) bond motifs is 2. The summed E-state index contributed by atoms with van der Waals surface area (Å²) in [4.78, 5) is 13.9. The summed E-state index contributed by atoms with van der Waals surface area (Å²) in [5.74, 6) is 3.94. The Bertz CT molecular complexity index is 1850. The van der Waals surface area contributed by atoms with Crippen molar-refractivity contribution < 1.29 is 54.4 Å². The van der Waals surface area contributed by atoms with Crippen molar-refractivity contribution in [3.05, 3.63) is 60.9 Å². The molecule has 53 heavy (non-hydrogen) atoms. The van der Waals surface area contributed by atoms with E-state index >= 15 is 0 Å². The number of rotatable bonds is 10. The van der Waals surface area contributed by atoms with Gasteiger partial charge < -0.3 is 38.2 Å².